The van der Waals surface area contributed by atoms with E-state index in [0.717, 1.165) is 16.7 Å². The first-order valence-corrected chi connectivity index (χ1v) is 5.49. The molecule has 0 saturated heterocycles. The quantitative estimate of drug-likeness (QED) is 0.796. The highest BCUT2D eigenvalue weighted by molar-refractivity contribution is 5.69. The highest BCUT2D eigenvalue weighted by Crippen LogP contribution is 2.21. The van der Waals surface area contributed by atoms with E-state index in [4.69, 9.17) is 4.74 Å². The second kappa shape index (κ2) is 5.54. The molecule has 1 aromatic rings. The van der Waals surface area contributed by atoms with Crippen LogP contribution in [0, 0.1) is 13.8 Å². The van der Waals surface area contributed by atoms with Crippen molar-refractivity contribution in [1.29, 1.82) is 0 Å². The molecule has 0 aliphatic carbocycles. The third-order valence-electron chi connectivity index (χ3n) is 2.57. The lowest BCUT2D eigenvalue weighted by Crippen LogP contribution is -2.06. The van der Waals surface area contributed by atoms with Crippen molar-refractivity contribution >= 4 is 5.97 Å². The van der Waals surface area contributed by atoms with Gasteiger partial charge in [0.05, 0.1) is 6.61 Å². The molecule has 16 heavy (non-hydrogen) atoms. The van der Waals surface area contributed by atoms with Crippen LogP contribution in [0.4, 0.5) is 0 Å². The number of phenols is 1. The molecule has 1 aromatic carbocycles. The number of benzene rings is 1. The lowest BCUT2D eigenvalue weighted by molar-refractivity contribution is -0.143. The largest absolute Gasteiger partial charge is 0.508 e. The first kappa shape index (κ1) is 12.6. The zero-order chi connectivity index (χ0) is 12.1. The standard InChI is InChI=1S/C13H18O3/c1-4-16-13(15)6-5-12-9(2)7-11(14)8-10(12)3/h7-8,14H,4-6H2,1-3H3. The zero-order valence-electron chi connectivity index (χ0n) is 10.0. The molecule has 3 nitrogen and oxygen atoms in total. The van der Waals surface area contributed by atoms with Crippen molar-refractivity contribution in [1.82, 2.24) is 0 Å². The van der Waals surface area contributed by atoms with Gasteiger partial charge in [0.1, 0.15) is 5.75 Å². The maximum atomic E-state index is 11.2. The normalized spacial score (nSPS) is 10.2. The summed E-state index contributed by atoms with van der Waals surface area (Å²) in [6.07, 6.45) is 1.05. The van der Waals surface area contributed by atoms with Gasteiger partial charge in [-0.25, -0.2) is 0 Å². The number of aryl methyl sites for hydroxylation is 2. The number of carbonyl (C=O) groups excluding carboxylic acids is 1. The minimum Gasteiger partial charge on any atom is -0.508 e. The van der Waals surface area contributed by atoms with Gasteiger partial charge in [0.25, 0.3) is 0 Å². The number of aromatic hydroxyl groups is 1. The molecular weight excluding hydrogens is 204 g/mol. The minimum absolute atomic E-state index is 0.172. The molecule has 1 rings (SSSR count). The van der Waals surface area contributed by atoms with Gasteiger partial charge < -0.3 is 9.84 Å². The van der Waals surface area contributed by atoms with Crippen molar-refractivity contribution in [3.05, 3.63) is 28.8 Å². The first-order valence-electron chi connectivity index (χ1n) is 5.49. The SMILES string of the molecule is CCOC(=O)CCc1c(C)cc(O)cc1C. The van der Waals surface area contributed by atoms with Gasteiger partial charge in [0.15, 0.2) is 0 Å². The molecule has 88 valence electrons. The number of rotatable bonds is 4. The average Bonchev–Trinajstić information content (AvgIpc) is 2.16. The van der Waals surface area contributed by atoms with Crippen molar-refractivity contribution < 1.29 is 14.6 Å². The fourth-order valence-corrected chi connectivity index (χ4v) is 1.83. The summed E-state index contributed by atoms with van der Waals surface area (Å²) >= 11 is 0. The number of carbonyl (C=O) groups is 1. The summed E-state index contributed by atoms with van der Waals surface area (Å²) in [7, 11) is 0. The Labute approximate surface area is 96.1 Å². The van der Waals surface area contributed by atoms with E-state index in [1.54, 1.807) is 19.1 Å². The Morgan fingerprint density at radius 3 is 2.38 bits per heavy atom. The molecule has 0 amide bonds. The lowest BCUT2D eigenvalue weighted by Gasteiger charge is -2.10. The topological polar surface area (TPSA) is 46.5 Å². The molecule has 0 radical (unpaired) electrons. The van der Waals surface area contributed by atoms with E-state index in [-0.39, 0.29) is 11.7 Å². The summed E-state index contributed by atoms with van der Waals surface area (Å²) < 4.78 is 4.88. The molecular formula is C13H18O3. The van der Waals surface area contributed by atoms with Crippen LogP contribution in [0.15, 0.2) is 12.1 Å². The molecule has 0 aliphatic rings. The minimum atomic E-state index is -0.172. The maximum absolute atomic E-state index is 11.2. The second-order valence-corrected chi connectivity index (χ2v) is 3.86. The molecule has 0 spiro atoms. The smallest absolute Gasteiger partial charge is 0.306 e. The van der Waals surface area contributed by atoms with Gasteiger partial charge in [0.2, 0.25) is 0 Å². The molecule has 1 N–H and O–H groups in total. The van der Waals surface area contributed by atoms with E-state index in [1.807, 2.05) is 13.8 Å². The Morgan fingerprint density at radius 1 is 1.31 bits per heavy atom. The summed E-state index contributed by atoms with van der Waals surface area (Å²) in [5.74, 6) is 0.101. The van der Waals surface area contributed by atoms with Crippen LogP contribution in [0.3, 0.4) is 0 Å². The van der Waals surface area contributed by atoms with E-state index in [9.17, 15) is 9.90 Å². The first-order chi connectivity index (χ1) is 7.54. The molecule has 0 aliphatic heterocycles. The number of hydrogen-bond acceptors (Lipinski definition) is 3. The Kier molecular flexibility index (Phi) is 4.35. The summed E-state index contributed by atoms with van der Waals surface area (Å²) in [5, 5.41) is 9.39. The number of phenolic OH excluding ortho intramolecular Hbond substituents is 1. The summed E-state index contributed by atoms with van der Waals surface area (Å²) in [6, 6.07) is 3.43. The van der Waals surface area contributed by atoms with Crippen molar-refractivity contribution in [2.24, 2.45) is 0 Å². The summed E-state index contributed by atoms with van der Waals surface area (Å²) in [6.45, 7) is 6.10. The molecule has 3 heteroatoms. The molecule has 0 aromatic heterocycles. The van der Waals surface area contributed by atoms with Crippen LogP contribution in [-0.4, -0.2) is 17.7 Å². The fourth-order valence-electron chi connectivity index (χ4n) is 1.83. The van der Waals surface area contributed by atoms with Crippen LogP contribution in [-0.2, 0) is 16.0 Å². The van der Waals surface area contributed by atoms with Crippen LogP contribution in [0.5, 0.6) is 5.75 Å². The summed E-state index contributed by atoms with van der Waals surface area (Å²) in [4.78, 5) is 11.2. The van der Waals surface area contributed by atoms with Gasteiger partial charge in [-0.05, 0) is 56.0 Å². The molecule has 0 heterocycles. The number of esters is 1. The van der Waals surface area contributed by atoms with Gasteiger partial charge in [-0.3, -0.25) is 4.79 Å². The van der Waals surface area contributed by atoms with Crippen molar-refractivity contribution in [2.75, 3.05) is 6.61 Å². The highest BCUT2D eigenvalue weighted by Gasteiger charge is 2.08. The molecule has 0 unspecified atom stereocenters. The van der Waals surface area contributed by atoms with E-state index < -0.39 is 0 Å². The fraction of sp³-hybridized carbons (Fsp3) is 0.462. The van der Waals surface area contributed by atoms with Gasteiger partial charge in [0, 0.05) is 6.42 Å². The highest BCUT2D eigenvalue weighted by atomic mass is 16.5. The van der Waals surface area contributed by atoms with E-state index in [2.05, 4.69) is 0 Å². The third-order valence-corrected chi connectivity index (χ3v) is 2.57. The van der Waals surface area contributed by atoms with E-state index in [0.29, 0.717) is 19.4 Å². The van der Waals surface area contributed by atoms with Gasteiger partial charge in [-0.15, -0.1) is 0 Å². The Balaban J connectivity index is 2.70. The second-order valence-electron chi connectivity index (χ2n) is 3.86. The number of hydrogen-bond donors (Lipinski definition) is 1. The lowest BCUT2D eigenvalue weighted by atomic mass is 9.98. The third kappa shape index (κ3) is 3.26. The predicted molar refractivity (Wildman–Crippen MR) is 62.5 cm³/mol. The van der Waals surface area contributed by atoms with Crippen LogP contribution in [0.2, 0.25) is 0 Å². The average molecular weight is 222 g/mol. The Bertz CT molecular complexity index is 360. The number of ether oxygens (including phenoxy) is 1. The monoisotopic (exact) mass is 222 g/mol. The van der Waals surface area contributed by atoms with Gasteiger partial charge >= 0.3 is 5.97 Å². The summed E-state index contributed by atoms with van der Waals surface area (Å²) in [5.41, 5.74) is 3.15. The molecule has 0 bridgehead atoms. The van der Waals surface area contributed by atoms with Crippen molar-refractivity contribution in [3.8, 4) is 5.75 Å². The van der Waals surface area contributed by atoms with Crippen LogP contribution < -0.4 is 0 Å². The molecule has 0 atom stereocenters. The van der Waals surface area contributed by atoms with Crippen molar-refractivity contribution in [2.45, 2.75) is 33.6 Å². The van der Waals surface area contributed by atoms with Gasteiger partial charge in [-0.1, -0.05) is 0 Å². The Morgan fingerprint density at radius 2 is 1.88 bits per heavy atom. The maximum Gasteiger partial charge on any atom is 0.306 e. The predicted octanol–water partition coefficient (Wildman–Crippen LogP) is 2.50. The van der Waals surface area contributed by atoms with Crippen LogP contribution >= 0.6 is 0 Å². The van der Waals surface area contributed by atoms with E-state index in [1.165, 1.54) is 0 Å². The van der Waals surface area contributed by atoms with Crippen LogP contribution in [0.1, 0.15) is 30.0 Å². The van der Waals surface area contributed by atoms with E-state index >= 15 is 0 Å². The van der Waals surface area contributed by atoms with Crippen LogP contribution in [0.25, 0.3) is 0 Å². The van der Waals surface area contributed by atoms with Crippen molar-refractivity contribution in [3.63, 3.8) is 0 Å². The zero-order valence-corrected chi connectivity index (χ0v) is 10.0. The Hall–Kier alpha value is -1.51. The molecule has 0 fully saturated rings. The molecule has 0 saturated carbocycles. The van der Waals surface area contributed by atoms with Gasteiger partial charge in [-0.2, -0.15) is 0 Å².